The normalized spacial score (nSPS) is 11.2. The van der Waals surface area contributed by atoms with Gasteiger partial charge >= 0.3 is 0 Å². The third-order valence-electron chi connectivity index (χ3n) is 1.92. The Morgan fingerprint density at radius 3 is 2.38 bits per heavy atom. The second-order valence-corrected chi connectivity index (χ2v) is 4.04. The molecule has 0 aliphatic carbocycles. The van der Waals surface area contributed by atoms with E-state index in [1.54, 1.807) is 4.57 Å². The van der Waals surface area contributed by atoms with Crippen LogP contribution in [-0.4, -0.2) is 40.0 Å². The Balaban J connectivity index is 2.45. The lowest BCUT2D eigenvalue weighted by molar-refractivity contribution is -0.120. The molecule has 6 nitrogen and oxygen atoms in total. The topological polar surface area (TPSA) is 75.2 Å². The minimum atomic E-state index is -0.210. The molecule has 1 heterocycles. The summed E-state index contributed by atoms with van der Waals surface area (Å²) in [5.41, 5.74) is 5.58. The zero-order valence-electron chi connectivity index (χ0n) is 9.84. The van der Waals surface area contributed by atoms with Crippen LogP contribution in [0.25, 0.3) is 0 Å². The van der Waals surface area contributed by atoms with Gasteiger partial charge in [-0.25, -0.2) is 0 Å². The van der Waals surface area contributed by atoms with Crippen LogP contribution >= 0.6 is 11.8 Å². The molecule has 7 heteroatoms. The zero-order valence-corrected chi connectivity index (χ0v) is 10.7. The number of ether oxygens (including phenoxy) is 2. The van der Waals surface area contributed by atoms with Gasteiger partial charge in [0.25, 0.3) is 0 Å². The first-order chi connectivity index (χ1) is 7.69. The summed E-state index contributed by atoms with van der Waals surface area (Å²) in [5, 5.41) is 8.49. The second kappa shape index (κ2) is 6.72. The van der Waals surface area contributed by atoms with Crippen LogP contribution in [0.5, 0.6) is 0 Å². The second-order valence-electron chi connectivity index (χ2n) is 3.05. The molecular formula is C9H18N4O2S. The molecular weight excluding hydrogens is 228 g/mol. The fourth-order valence-electron chi connectivity index (χ4n) is 1.11. The maximum atomic E-state index is 5.58. The van der Waals surface area contributed by atoms with E-state index in [1.165, 1.54) is 11.8 Å². The number of thioether (sulfide) groups is 1. The molecule has 1 aromatic rings. The van der Waals surface area contributed by atoms with Gasteiger partial charge in [-0.3, -0.25) is 4.57 Å². The van der Waals surface area contributed by atoms with Gasteiger partial charge in [-0.05, 0) is 13.8 Å². The van der Waals surface area contributed by atoms with Gasteiger partial charge in [0.05, 0.1) is 5.75 Å². The molecule has 0 saturated carbocycles. The van der Waals surface area contributed by atoms with Crippen LogP contribution in [0.3, 0.4) is 0 Å². The molecule has 2 N–H and O–H groups in total. The van der Waals surface area contributed by atoms with Crippen LogP contribution in [0.2, 0.25) is 0 Å². The van der Waals surface area contributed by atoms with Gasteiger partial charge in [0.1, 0.15) is 0 Å². The number of hydrogen-bond acceptors (Lipinski definition) is 6. The Hall–Kier alpha value is -0.790. The largest absolute Gasteiger partial charge is 0.368 e. The molecule has 0 aliphatic heterocycles. The van der Waals surface area contributed by atoms with Gasteiger partial charge < -0.3 is 15.2 Å². The predicted octanol–water partition coefficient (Wildman–Crippen LogP) is 0.888. The maximum absolute atomic E-state index is 5.58. The van der Waals surface area contributed by atoms with Gasteiger partial charge in [0.2, 0.25) is 5.95 Å². The summed E-state index contributed by atoms with van der Waals surface area (Å²) in [6.45, 7) is 5.15. The van der Waals surface area contributed by atoms with Crippen molar-refractivity contribution in [2.24, 2.45) is 7.05 Å². The molecule has 0 fully saturated rings. The van der Waals surface area contributed by atoms with Crippen LogP contribution in [0.15, 0.2) is 5.16 Å². The summed E-state index contributed by atoms with van der Waals surface area (Å²) in [7, 11) is 1.83. The number of anilines is 1. The minimum absolute atomic E-state index is 0.210. The van der Waals surface area contributed by atoms with E-state index in [4.69, 9.17) is 15.2 Å². The lowest BCUT2D eigenvalue weighted by atomic mass is 10.7. The van der Waals surface area contributed by atoms with Gasteiger partial charge in [0, 0.05) is 20.3 Å². The monoisotopic (exact) mass is 246 g/mol. The van der Waals surface area contributed by atoms with Crippen molar-refractivity contribution in [2.45, 2.75) is 25.3 Å². The standard InChI is InChI=1S/C9H18N4O2S/c1-4-14-7(15-5-2)6-16-9-12-11-8(10)13(9)3/h7H,4-6H2,1-3H3,(H2,10,11). The Morgan fingerprint density at radius 1 is 1.31 bits per heavy atom. The first-order valence-electron chi connectivity index (χ1n) is 5.19. The molecule has 0 unspecified atom stereocenters. The van der Waals surface area contributed by atoms with Crippen LogP contribution in [-0.2, 0) is 16.5 Å². The van der Waals surface area contributed by atoms with Crippen LogP contribution in [0.4, 0.5) is 5.95 Å². The van der Waals surface area contributed by atoms with Crippen molar-refractivity contribution in [1.82, 2.24) is 14.8 Å². The number of rotatable bonds is 7. The molecule has 0 radical (unpaired) electrons. The fraction of sp³-hybridized carbons (Fsp3) is 0.778. The molecule has 0 amide bonds. The lowest BCUT2D eigenvalue weighted by Gasteiger charge is -2.15. The van der Waals surface area contributed by atoms with Gasteiger partial charge in [0.15, 0.2) is 11.4 Å². The Bertz CT molecular complexity index is 312. The van der Waals surface area contributed by atoms with Crippen molar-refractivity contribution >= 4 is 17.7 Å². The van der Waals surface area contributed by atoms with Crippen molar-refractivity contribution in [3.8, 4) is 0 Å². The summed E-state index contributed by atoms with van der Waals surface area (Å²) >= 11 is 1.52. The van der Waals surface area contributed by atoms with E-state index in [-0.39, 0.29) is 6.29 Å². The van der Waals surface area contributed by atoms with E-state index in [0.717, 1.165) is 5.16 Å². The van der Waals surface area contributed by atoms with Crippen LogP contribution in [0, 0.1) is 0 Å². The highest BCUT2D eigenvalue weighted by molar-refractivity contribution is 7.99. The Morgan fingerprint density at radius 2 is 1.94 bits per heavy atom. The van der Waals surface area contributed by atoms with Gasteiger partial charge in [-0.2, -0.15) is 0 Å². The molecule has 92 valence electrons. The average Bonchev–Trinajstić information content (AvgIpc) is 2.58. The molecule has 16 heavy (non-hydrogen) atoms. The molecule has 0 bridgehead atoms. The number of hydrogen-bond donors (Lipinski definition) is 1. The van der Waals surface area contributed by atoms with Crippen molar-refractivity contribution in [3.63, 3.8) is 0 Å². The first kappa shape index (κ1) is 13.3. The highest BCUT2D eigenvalue weighted by Crippen LogP contribution is 2.18. The summed E-state index contributed by atoms with van der Waals surface area (Å²) in [4.78, 5) is 0. The van der Waals surface area contributed by atoms with Crippen molar-refractivity contribution < 1.29 is 9.47 Å². The van der Waals surface area contributed by atoms with E-state index in [0.29, 0.717) is 24.9 Å². The van der Waals surface area contributed by atoms with Crippen LogP contribution in [0.1, 0.15) is 13.8 Å². The SMILES string of the molecule is CCOC(CSc1nnc(N)n1C)OCC. The van der Waals surface area contributed by atoms with Gasteiger partial charge in [-0.1, -0.05) is 11.8 Å². The summed E-state index contributed by atoms with van der Waals surface area (Å²) in [6, 6.07) is 0. The maximum Gasteiger partial charge on any atom is 0.222 e. The van der Waals surface area contributed by atoms with Crippen molar-refractivity contribution in [1.29, 1.82) is 0 Å². The Kier molecular flexibility index (Phi) is 5.58. The highest BCUT2D eigenvalue weighted by atomic mass is 32.2. The summed E-state index contributed by atoms with van der Waals surface area (Å²) in [6.07, 6.45) is -0.210. The number of nitrogens with zero attached hydrogens (tertiary/aromatic N) is 3. The molecule has 0 atom stereocenters. The molecule has 1 rings (SSSR count). The number of nitrogens with two attached hydrogens (primary N) is 1. The quantitative estimate of drug-likeness (QED) is 0.569. The average molecular weight is 246 g/mol. The number of nitrogen functional groups attached to an aromatic ring is 1. The van der Waals surface area contributed by atoms with E-state index in [2.05, 4.69) is 10.2 Å². The molecule has 0 aliphatic rings. The van der Waals surface area contributed by atoms with E-state index in [1.807, 2.05) is 20.9 Å². The van der Waals surface area contributed by atoms with Gasteiger partial charge in [-0.15, -0.1) is 10.2 Å². The Labute approximate surface area is 99.5 Å². The van der Waals surface area contributed by atoms with E-state index < -0.39 is 0 Å². The third-order valence-corrected chi connectivity index (χ3v) is 2.97. The van der Waals surface area contributed by atoms with E-state index >= 15 is 0 Å². The molecule has 0 spiro atoms. The lowest BCUT2D eigenvalue weighted by Crippen LogP contribution is -2.20. The van der Waals surface area contributed by atoms with Crippen molar-refractivity contribution in [2.75, 3.05) is 24.7 Å². The number of aromatic nitrogens is 3. The smallest absolute Gasteiger partial charge is 0.222 e. The predicted molar refractivity (Wildman–Crippen MR) is 63.2 cm³/mol. The fourth-order valence-corrected chi connectivity index (χ4v) is 1.97. The first-order valence-corrected chi connectivity index (χ1v) is 6.18. The zero-order chi connectivity index (χ0) is 12.0. The highest BCUT2D eigenvalue weighted by Gasteiger charge is 2.12. The molecule has 1 aromatic heterocycles. The van der Waals surface area contributed by atoms with E-state index in [9.17, 15) is 0 Å². The summed E-state index contributed by atoms with van der Waals surface area (Å²) in [5.74, 6) is 1.08. The molecule has 0 aromatic carbocycles. The summed E-state index contributed by atoms with van der Waals surface area (Å²) < 4.78 is 12.6. The van der Waals surface area contributed by atoms with Crippen LogP contribution < -0.4 is 5.73 Å². The molecule has 0 saturated heterocycles. The third kappa shape index (κ3) is 3.66. The van der Waals surface area contributed by atoms with Crippen molar-refractivity contribution in [3.05, 3.63) is 0 Å². The minimum Gasteiger partial charge on any atom is -0.368 e.